The fraction of sp³-hybridized carbons (Fsp3) is 0.769. The molecule has 0 heterocycles. The largest absolute Gasteiger partial charge is 0.373 e. The lowest BCUT2D eigenvalue weighted by molar-refractivity contribution is -0.132. The smallest absolute Gasteiger partial charge is 0.0720 e. The predicted molar refractivity (Wildman–Crippen MR) is 111 cm³/mol. The zero-order valence-corrected chi connectivity index (χ0v) is 17.5. The van der Waals surface area contributed by atoms with Gasteiger partial charge in [0.2, 0.25) is 0 Å². The van der Waals surface area contributed by atoms with E-state index in [0.717, 1.165) is 30.3 Å². The molecule has 7 atom stereocenters. The van der Waals surface area contributed by atoms with Crippen LogP contribution >= 0.6 is 0 Å². The van der Waals surface area contributed by atoms with Gasteiger partial charge >= 0.3 is 0 Å². The highest BCUT2D eigenvalue weighted by Crippen LogP contribution is 2.66. The molecule has 0 N–H and O–H groups in total. The van der Waals surface area contributed by atoms with Gasteiger partial charge in [-0.1, -0.05) is 57.0 Å². The van der Waals surface area contributed by atoms with Crippen LogP contribution in [-0.2, 0) is 11.3 Å². The molecule has 27 heavy (non-hydrogen) atoms. The molecule has 0 spiro atoms. The van der Waals surface area contributed by atoms with E-state index in [1.54, 1.807) is 0 Å². The Morgan fingerprint density at radius 2 is 1.63 bits per heavy atom. The summed E-state index contributed by atoms with van der Waals surface area (Å²) in [5.41, 5.74) is 2.41. The van der Waals surface area contributed by atoms with Gasteiger partial charge in [0.15, 0.2) is 0 Å². The van der Waals surface area contributed by atoms with E-state index in [9.17, 15) is 0 Å². The van der Waals surface area contributed by atoms with E-state index >= 15 is 0 Å². The summed E-state index contributed by atoms with van der Waals surface area (Å²) in [5, 5.41) is 0. The highest BCUT2D eigenvalue weighted by molar-refractivity contribution is 5.14. The van der Waals surface area contributed by atoms with Crippen molar-refractivity contribution in [2.75, 3.05) is 0 Å². The fourth-order valence-electron chi connectivity index (χ4n) is 8.29. The molecular weight excluding hydrogens is 328 g/mol. The summed E-state index contributed by atoms with van der Waals surface area (Å²) in [6.45, 7) is 6.07. The van der Waals surface area contributed by atoms with Gasteiger partial charge in [0.25, 0.3) is 0 Å². The first-order valence-electron chi connectivity index (χ1n) is 11.8. The van der Waals surface area contributed by atoms with Crippen LogP contribution < -0.4 is 0 Å². The Morgan fingerprint density at radius 1 is 0.815 bits per heavy atom. The number of hydrogen-bond donors (Lipinski definition) is 0. The third kappa shape index (κ3) is 2.91. The topological polar surface area (TPSA) is 9.23 Å². The Balaban J connectivity index is 1.32. The number of fused-ring (bicyclic) bond motifs is 5. The van der Waals surface area contributed by atoms with Gasteiger partial charge in [0, 0.05) is 0 Å². The molecule has 1 aromatic carbocycles. The van der Waals surface area contributed by atoms with E-state index in [1.165, 1.54) is 69.8 Å². The molecule has 4 aliphatic rings. The summed E-state index contributed by atoms with van der Waals surface area (Å²) in [7, 11) is 0. The maximum atomic E-state index is 6.57. The van der Waals surface area contributed by atoms with Crippen LogP contribution in [0.2, 0.25) is 0 Å². The van der Waals surface area contributed by atoms with Crippen LogP contribution in [0, 0.1) is 34.5 Å². The van der Waals surface area contributed by atoms with Crippen molar-refractivity contribution < 1.29 is 4.74 Å². The second-order valence-corrected chi connectivity index (χ2v) is 10.8. The second kappa shape index (κ2) is 6.90. The van der Waals surface area contributed by atoms with Gasteiger partial charge in [-0.05, 0) is 91.4 Å². The molecule has 0 bridgehead atoms. The molecule has 4 fully saturated rings. The summed E-state index contributed by atoms with van der Waals surface area (Å²) in [6.07, 6.45) is 15.1. The van der Waals surface area contributed by atoms with Gasteiger partial charge in [-0.2, -0.15) is 0 Å². The SMILES string of the molecule is C[C@]12CCCC[C@@H]1CC[C@H]1[C@H]3CC[C@H](OCc4ccccc4)[C@@]3(C)CC[C@@H]12. The number of ether oxygens (including phenoxy) is 1. The summed E-state index contributed by atoms with van der Waals surface area (Å²) in [6, 6.07) is 10.8. The monoisotopic (exact) mass is 366 g/mol. The third-order valence-corrected chi connectivity index (χ3v) is 9.79. The molecule has 0 aromatic heterocycles. The molecule has 1 heteroatoms. The van der Waals surface area contributed by atoms with Crippen molar-refractivity contribution in [3.63, 3.8) is 0 Å². The van der Waals surface area contributed by atoms with Gasteiger partial charge in [-0.3, -0.25) is 0 Å². The van der Waals surface area contributed by atoms with Gasteiger partial charge in [-0.15, -0.1) is 0 Å². The Morgan fingerprint density at radius 3 is 2.48 bits per heavy atom. The summed E-state index contributed by atoms with van der Waals surface area (Å²) in [4.78, 5) is 0. The first-order valence-corrected chi connectivity index (χ1v) is 11.8. The molecule has 0 aliphatic heterocycles. The fourth-order valence-corrected chi connectivity index (χ4v) is 8.29. The predicted octanol–water partition coefficient (Wildman–Crippen LogP) is 7.00. The number of hydrogen-bond acceptors (Lipinski definition) is 1. The van der Waals surface area contributed by atoms with Crippen LogP contribution in [0.4, 0.5) is 0 Å². The lowest BCUT2D eigenvalue weighted by atomic mass is 9.45. The van der Waals surface area contributed by atoms with E-state index in [4.69, 9.17) is 4.74 Å². The van der Waals surface area contributed by atoms with Crippen LogP contribution in [0.1, 0.15) is 83.6 Å². The van der Waals surface area contributed by atoms with Crippen LogP contribution in [0.15, 0.2) is 30.3 Å². The highest BCUT2D eigenvalue weighted by atomic mass is 16.5. The molecule has 4 aliphatic carbocycles. The Labute approximate surface area is 166 Å². The Kier molecular flexibility index (Phi) is 4.66. The molecule has 0 amide bonds. The second-order valence-electron chi connectivity index (χ2n) is 10.8. The van der Waals surface area contributed by atoms with E-state index in [2.05, 4.69) is 44.2 Å². The number of benzene rings is 1. The van der Waals surface area contributed by atoms with E-state index < -0.39 is 0 Å². The molecule has 5 rings (SSSR count). The van der Waals surface area contributed by atoms with Crippen molar-refractivity contribution in [2.24, 2.45) is 34.5 Å². The molecular formula is C26H38O. The maximum Gasteiger partial charge on any atom is 0.0720 e. The van der Waals surface area contributed by atoms with Crippen molar-refractivity contribution in [3.8, 4) is 0 Å². The average molecular weight is 367 g/mol. The van der Waals surface area contributed by atoms with Gasteiger partial charge < -0.3 is 4.74 Å². The molecule has 148 valence electrons. The van der Waals surface area contributed by atoms with Crippen LogP contribution in [0.25, 0.3) is 0 Å². The molecule has 0 saturated heterocycles. The van der Waals surface area contributed by atoms with Gasteiger partial charge in [-0.25, -0.2) is 0 Å². The molecule has 0 radical (unpaired) electrons. The summed E-state index contributed by atoms with van der Waals surface area (Å²) in [5.74, 6) is 3.93. The van der Waals surface area contributed by atoms with Crippen molar-refractivity contribution in [1.82, 2.24) is 0 Å². The van der Waals surface area contributed by atoms with E-state index in [1.807, 2.05) is 0 Å². The lowest BCUT2D eigenvalue weighted by Crippen LogP contribution is -2.53. The third-order valence-electron chi connectivity index (χ3n) is 9.79. The molecule has 0 unspecified atom stereocenters. The normalized spacial score (nSPS) is 46.4. The standard InChI is InChI=1S/C26H38O/c1-25-16-7-6-10-20(25)11-12-21-22-13-14-24(26(22,2)17-15-23(21)25)27-18-19-8-4-3-5-9-19/h3-5,8-9,20-24H,6-7,10-18H2,1-2H3/t20-,21+,22-,23+,24+,25+,26+/m1/s1. The van der Waals surface area contributed by atoms with Crippen molar-refractivity contribution in [3.05, 3.63) is 35.9 Å². The summed E-state index contributed by atoms with van der Waals surface area (Å²) >= 11 is 0. The minimum Gasteiger partial charge on any atom is -0.373 e. The Bertz CT molecular complexity index is 653. The van der Waals surface area contributed by atoms with E-state index in [0.29, 0.717) is 16.9 Å². The highest BCUT2D eigenvalue weighted by Gasteiger charge is 2.59. The first-order chi connectivity index (χ1) is 13.1. The minimum atomic E-state index is 0.424. The van der Waals surface area contributed by atoms with E-state index in [-0.39, 0.29) is 0 Å². The zero-order chi connectivity index (χ0) is 18.5. The zero-order valence-electron chi connectivity index (χ0n) is 17.5. The molecule has 1 aromatic rings. The number of rotatable bonds is 3. The quantitative estimate of drug-likeness (QED) is 0.559. The van der Waals surface area contributed by atoms with Crippen molar-refractivity contribution >= 4 is 0 Å². The molecule has 1 nitrogen and oxygen atoms in total. The van der Waals surface area contributed by atoms with Crippen LogP contribution in [0.5, 0.6) is 0 Å². The van der Waals surface area contributed by atoms with Gasteiger partial charge in [0.1, 0.15) is 0 Å². The lowest BCUT2D eigenvalue weighted by Gasteiger charge is -2.60. The average Bonchev–Trinajstić information content (AvgIpc) is 3.03. The Hall–Kier alpha value is -0.820. The van der Waals surface area contributed by atoms with Gasteiger partial charge in [0.05, 0.1) is 12.7 Å². The van der Waals surface area contributed by atoms with Crippen LogP contribution in [0.3, 0.4) is 0 Å². The molecule has 4 saturated carbocycles. The minimum absolute atomic E-state index is 0.424. The van der Waals surface area contributed by atoms with Crippen molar-refractivity contribution in [2.45, 2.75) is 90.8 Å². The summed E-state index contributed by atoms with van der Waals surface area (Å²) < 4.78 is 6.57. The first kappa shape index (κ1) is 18.2. The van der Waals surface area contributed by atoms with Crippen LogP contribution in [-0.4, -0.2) is 6.10 Å². The maximum absolute atomic E-state index is 6.57. The van der Waals surface area contributed by atoms with Crippen molar-refractivity contribution in [1.29, 1.82) is 0 Å².